The Morgan fingerprint density at radius 2 is 1.12 bits per heavy atom. The molecular weight excluding hydrogens is 745 g/mol. The van der Waals surface area contributed by atoms with Crippen LogP contribution in [0.1, 0.15) is 74.0 Å². The van der Waals surface area contributed by atoms with Gasteiger partial charge in [-0.3, -0.25) is 24.2 Å². The fourth-order valence-electron chi connectivity index (χ4n) is 7.41. The predicted octanol–water partition coefficient (Wildman–Crippen LogP) is 6.35. The minimum Gasteiger partial charge on any atom is -0.484 e. The third kappa shape index (κ3) is 10.4. The Labute approximate surface area is 338 Å². The van der Waals surface area contributed by atoms with Gasteiger partial charge in [0.1, 0.15) is 13.2 Å². The lowest BCUT2D eigenvalue weighted by Crippen LogP contribution is -2.42. The Hall–Kier alpha value is -5.73. The van der Waals surface area contributed by atoms with Crippen molar-refractivity contribution in [2.45, 2.75) is 64.8 Å². The van der Waals surface area contributed by atoms with E-state index in [0.717, 1.165) is 63.2 Å². The summed E-state index contributed by atoms with van der Waals surface area (Å²) in [5.74, 6) is 1.68. The second-order valence-corrected chi connectivity index (χ2v) is 15.5. The van der Waals surface area contributed by atoms with Gasteiger partial charge in [0.15, 0.2) is 23.7 Å². The number of ether oxygens (including phenoxy) is 5. The summed E-state index contributed by atoms with van der Waals surface area (Å²) in [7, 11) is 1.47. The van der Waals surface area contributed by atoms with Crippen LogP contribution < -0.4 is 18.9 Å². The van der Waals surface area contributed by atoms with Crippen LogP contribution in [0.5, 0.6) is 23.3 Å². The minimum absolute atomic E-state index is 0.0951. The average molecular weight is 797 g/mol. The standard InChI is InChI=1S/C22H26N2O4.C21H24N2O4.CH2O2/c1-22(21(25)26-2)9-12-24(13-10-22)14-16-5-7-17(8-6-16)19-15-27-18-4-3-11-23-20(18)28-19;1-21(20(24)25)8-11-23(12-9-21)13-15-4-6-16(7-5-15)18-14-26-17-3-2-10-22-19(17)27-18;2-1-3/h3-8,11,19H,9-10,12-15H2,1-2H3;2-7,10,18H,8-9,11-14H2,1H3,(H,24,25);1H,(H,2,3)/t19-;18-;/m11./s1. The molecule has 0 bridgehead atoms. The first-order valence-electron chi connectivity index (χ1n) is 19.5. The number of hydrogen-bond acceptors (Lipinski definition) is 12. The van der Waals surface area contributed by atoms with Crippen molar-refractivity contribution in [3.63, 3.8) is 0 Å². The molecule has 58 heavy (non-hydrogen) atoms. The molecule has 4 aromatic rings. The lowest BCUT2D eigenvalue weighted by molar-refractivity contribution is -0.154. The van der Waals surface area contributed by atoms with Crippen LogP contribution in [-0.2, 0) is 32.2 Å². The van der Waals surface area contributed by atoms with Gasteiger partial charge in [0, 0.05) is 25.5 Å². The van der Waals surface area contributed by atoms with Gasteiger partial charge in [0.25, 0.3) is 18.2 Å². The second-order valence-electron chi connectivity index (χ2n) is 15.5. The summed E-state index contributed by atoms with van der Waals surface area (Å²) in [5.41, 5.74) is 3.68. The second kappa shape index (κ2) is 19.1. The molecule has 2 saturated heterocycles. The van der Waals surface area contributed by atoms with Crippen molar-refractivity contribution < 1.29 is 48.3 Å². The maximum absolute atomic E-state index is 12.0. The fraction of sp³-hybridized carbons (Fsp3) is 0.432. The molecule has 6 heterocycles. The van der Waals surface area contributed by atoms with Crippen molar-refractivity contribution in [1.82, 2.24) is 19.8 Å². The van der Waals surface area contributed by atoms with Crippen molar-refractivity contribution >= 4 is 18.4 Å². The number of carboxylic acids is 1. The SMILES string of the molecule is CC1(C(=O)O)CCN(Cc2ccc([C@H]3COc4cccnc4O3)cc2)CC1.COC(=O)C1(C)CCN(Cc2ccc([C@H]3COc4cccnc4O3)cc2)CC1.O=CO. The number of nitrogens with zero attached hydrogens (tertiary/aromatic N) is 4. The molecule has 0 spiro atoms. The number of carbonyl (C=O) groups is 3. The van der Waals surface area contributed by atoms with Crippen LogP contribution in [0.25, 0.3) is 0 Å². The lowest BCUT2D eigenvalue weighted by Gasteiger charge is -2.37. The van der Waals surface area contributed by atoms with Gasteiger partial charge in [-0.25, -0.2) is 9.97 Å². The van der Waals surface area contributed by atoms with Crippen LogP contribution in [0.15, 0.2) is 85.2 Å². The highest BCUT2D eigenvalue weighted by Gasteiger charge is 2.38. The van der Waals surface area contributed by atoms with E-state index in [4.69, 9.17) is 33.6 Å². The molecule has 2 N–H and O–H groups in total. The summed E-state index contributed by atoms with van der Waals surface area (Å²) in [6, 6.07) is 24.2. The number of carbonyl (C=O) groups excluding carboxylic acids is 1. The van der Waals surface area contributed by atoms with Crippen LogP contribution in [-0.4, -0.2) is 94.9 Å². The highest BCUT2D eigenvalue weighted by molar-refractivity contribution is 5.76. The Bertz CT molecular complexity index is 1980. The summed E-state index contributed by atoms with van der Waals surface area (Å²) >= 11 is 0. The number of aromatic nitrogens is 2. The molecular formula is C44H52N4O10. The van der Waals surface area contributed by atoms with Gasteiger partial charge < -0.3 is 33.9 Å². The normalized spacial score (nSPS) is 20.5. The molecule has 4 aliphatic heterocycles. The number of methoxy groups -OCH3 is 1. The Morgan fingerprint density at radius 1 is 0.724 bits per heavy atom. The van der Waals surface area contributed by atoms with Crippen molar-refractivity contribution in [3.05, 3.63) is 107 Å². The van der Waals surface area contributed by atoms with Gasteiger partial charge in [0.2, 0.25) is 0 Å². The smallest absolute Gasteiger partial charge is 0.311 e. The van der Waals surface area contributed by atoms with Crippen molar-refractivity contribution in [2.24, 2.45) is 10.8 Å². The third-order valence-electron chi connectivity index (χ3n) is 11.4. The molecule has 14 heteroatoms. The largest absolute Gasteiger partial charge is 0.484 e. The number of hydrogen-bond donors (Lipinski definition) is 2. The van der Waals surface area contributed by atoms with Crippen molar-refractivity contribution in [3.8, 4) is 23.3 Å². The van der Waals surface area contributed by atoms with Gasteiger partial charge in [-0.05, 0) is 112 Å². The quantitative estimate of drug-likeness (QED) is 0.149. The molecule has 0 saturated carbocycles. The number of aliphatic carboxylic acids is 1. The van der Waals surface area contributed by atoms with Crippen LogP contribution >= 0.6 is 0 Å². The van der Waals surface area contributed by atoms with E-state index < -0.39 is 11.4 Å². The number of benzene rings is 2. The highest BCUT2D eigenvalue weighted by Crippen LogP contribution is 2.37. The highest BCUT2D eigenvalue weighted by atomic mass is 16.6. The minimum atomic E-state index is -0.683. The van der Waals surface area contributed by atoms with Gasteiger partial charge in [0.05, 0.1) is 17.9 Å². The molecule has 308 valence electrons. The molecule has 0 unspecified atom stereocenters. The zero-order valence-corrected chi connectivity index (χ0v) is 33.2. The molecule has 0 aliphatic carbocycles. The van der Waals surface area contributed by atoms with Gasteiger partial charge >= 0.3 is 11.9 Å². The van der Waals surface area contributed by atoms with Gasteiger partial charge in [-0.15, -0.1) is 0 Å². The topological polar surface area (TPSA) is 170 Å². The first-order chi connectivity index (χ1) is 28.0. The Kier molecular flexibility index (Phi) is 13.8. The zero-order valence-electron chi connectivity index (χ0n) is 33.2. The van der Waals surface area contributed by atoms with E-state index in [0.29, 0.717) is 49.3 Å². The number of likely N-dealkylation sites (tertiary alicyclic amines) is 2. The number of piperidine rings is 2. The van der Waals surface area contributed by atoms with Crippen LogP contribution in [0.3, 0.4) is 0 Å². The molecule has 4 aliphatic rings. The third-order valence-corrected chi connectivity index (χ3v) is 11.4. The molecule has 14 nitrogen and oxygen atoms in total. The van der Waals surface area contributed by atoms with Crippen LogP contribution in [0, 0.1) is 10.8 Å². The zero-order chi connectivity index (χ0) is 41.1. The van der Waals surface area contributed by atoms with Crippen LogP contribution in [0.4, 0.5) is 0 Å². The average Bonchev–Trinajstić information content (AvgIpc) is 3.26. The molecule has 8 rings (SSSR count). The van der Waals surface area contributed by atoms with E-state index in [-0.39, 0.29) is 30.1 Å². The number of fused-ring (bicyclic) bond motifs is 2. The van der Waals surface area contributed by atoms with E-state index in [2.05, 4.69) is 68.3 Å². The van der Waals surface area contributed by atoms with E-state index >= 15 is 0 Å². The van der Waals surface area contributed by atoms with E-state index in [1.165, 1.54) is 18.2 Å². The first kappa shape index (κ1) is 41.9. The summed E-state index contributed by atoms with van der Waals surface area (Å²) < 4.78 is 28.4. The predicted molar refractivity (Wildman–Crippen MR) is 213 cm³/mol. The summed E-state index contributed by atoms with van der Waals surface area (Å²) in [6.07, 6.45) is 6.15. The van der Waals surface area contributed by atoms with Crippen molar-refractivity contribution in [1.29, 1.82) is 0 Å². The maximum atomic E-state index is 12.0. The number of esters is 1. The molecule has 2 atom stereocenters. The number of carboxylic acid groups (broad SMARTS) is 2. The summed E-state index contributed by atoms with van der Waals surface area (Å²) in [4.78, 5) is 44.8. The van der Waals surface area contributed by atoms with E-state index in [1.54, 1.807) is 12.4 Å². The van der Waals surface area contributed by atoms with E-state index in [1.807, 2.05) is 38.1 Å². The molecule has 0 amide bonds. The number of rotatable bonds is 8. The number of pyridine rings is 2. The Balaban J connectivity index is 0.000000183. The molecule has 0 radical (unpaired) electrons. The van der Waals surface area contributed by atoms with Crippen LogP contribution in [0.2, 0.25) is 0 Å². The first-order valence-corrected chi connectivity index (χ1v) is 19.5. The lowest BCUT2D eigenvalue weighted by atomic mass is 9.80. The van der Waals surface area contributed by atoms with Crippen molar-refractivity contribution in [2.75, 3.05) is 46.5 Å². The van der Waals surface area contributed by atoms with Gasteiger partial charge in [-0.1, -0.05) is 48.5 Å². The fourth-order valence-corrected chi connectivity index (χ4v) is 7.41. The summed E-state index contributed by atoms with van der Waals surface area (Å²) in [5, 5.41) is 16.2. The monoisotopic (exact) mass is 796 g/mol. The molecule has 2 aromatic carbocycles. The maximum Gasteiger partial charge on any atom is 0.311 e. The molecule has 2 aromatic heterocycles. The summed E-state index contributed by atoms with van der Waals surface area (Å²) in [6.45, 7) is 9.69. The van der Waals surface area contributed by atoms with E-state index in [9.17, 15) is 14.7 Å². The Morgan fingerprint density at radius 3 is 1.50 bits per heavy atom. The molecule has 2 fully saturated rings. The van der Waals surface area contributed by atoms with Gasteiger partial charge in [-0.2, -0.15) is 0 Å².